The molecular formula is C9H13N5O. The molecule has 0 aromatic carbocycles. The van der Waals surface area contributed by atoms with Gasteiger partial charge in [-0.05, 0) is 6.92 Å². The summed E-state index contributed by atoms with van der Waals surface area (Å²) in [4.78, 5) is 4.27. The van der Waals surface area contributed by atoms with Gasteiger partial charge in [0, 0.05) is 18.2 Å². The molecule has 6 nitrogen and oxygen atoms in total. The highest BCUT2D eigenvalue weighted by molar-refractivity contribution is 5.54. The summed E-state index contributed by atoms with van der Waals surface area (Å²) in [6.07, 6.45) is 1.67. The van der Waals surface area contributed by atoms with E-state index in [0.717, 1.165) is 11.3 Å². The van der Waals surface area contributed by atoms with Crippen molar-refractivity contribution in [2.75, 3.05) is 6.54 Å². The third-order valence-electron chi connectivity index (χ3n) is 2.30. The highest BCUT2D eigenvalue weighted by Crippen LogP contribution is 2.21. The Bertz CT molecular complexity index is 447. The molecule has 1 unspecified atom stereocenters. The fourth-order valence-corrected chi connectivity index (χ4v) is 1.22. The van der Waals surface area contributed by atoms with E-state index < -0.39 is 0 Å². The van der Waals surface area contributed by atoms with Crippen molar-refractivity contribution in [1.29, 1.82) is 0 Å². The number of H-pyrrole nitrogens is 1. The third kappa shape index (κ3) is 1.75. The predicted octanol–water partition coefficient (Wildman–Crippen LogP) is 0.830. The Labute approximate surface area is 86.9 Å². The molecule has 2 aromatic rings. The van der Waals surface area contributed by atoms with Crippen LogP contribution in [0.3, 0.4) is 0 Å². The lowest BCUT2D eigenvalue weighted by Gasteiger charge is -1.98. The first kappa shape index (κ1) is 9.85. The molecular weight excluding hydrogens is 194 g/mol. The SMILES string of the molecule is Cc1[nH]ncc1-c1nc(C(C)CN)no1. The topological polar surface area (TPSA) is 93.6 Å². The van der Waals surface area contributed by atoms with Gasteiger partial charge in [-0.2, -0.15) is 10.1 Å². The van der Waals surface area contributed by atoms with Crippen molar-refractivity contribution < 1.29 is 4.52 Å². The molecule has 2 aromatic heterocycles. The second-order valence-electron chi connectivity index (χ2n) is 3.50. The maximum atomic E-state index is 5.52. The normalized spacial score (nSPS) is 13.0. The van der Waals surface area contributed by atoms with E-state index in [-0.39, 0.29) is 5.92 Å². The number of hydrogen-bond acceptors (Lipinski definition) is 5. The summed E-state index contributed by atoms with van der Waals surface area (Å²) in [5.74, 6) is 1.22. The van der Waals surface area contributed by atoms with E-state index in [1.54, 1.807) is 6.20 Å². The average molecular weight is 207 g/mol. The lowest BCUT2D eigenvalue weighted by Crippen LogP contribution is -2.10. The number of nitrogens with zero attached hydrogens (tertiary/aromatic N) is 3. The predicted molar refractivity (Wildman–Crippen MR) is 54.1 cm³/mol. The van der Waals surface area contributed by atoms with E-state index >= 15 is 0 Å². The van der Waals surface area contributed by atoms with Crippen molar-refractivity contribution >= 4 is 0 Å². The molecule has 80 valence electrons. The van der Waals surface area contributed by atoms with Crippen LogP contribution in [0.15, 0.2) is 10.7 Å². The Balaban J connectivity index is 2.32. The molecule has 0 bridgehead atoms. The van der Waals surface area contributed by atoms with Gasteiger partial charge in [0.2, 0.25) is 0 Å². The Morgan fingerprint density at radius 2 is 2.40 bits per heavy atom. The third-order valence-corrected chi connectivity index (χ3v) is 2.30. The van der Waals surface area contributed by atoms with Crippen LogP contribution in [0.5, 0.6) is 0 Å². The van der Waals surface area contributed by atoms with Crippen molar-refractivity contribution in [3.63, 3.8) is 0 Å². The first-order valence-corrected chi connectivity index (χ1v) is 4.76. The van der Waals surface area contributed by atoms with Gasteiger partial charge in [-0.25, -0.2) is 0 Å². The lowest BCUT2D eigenvalue weighted by molar-refractivity contribution is 0.417. The number of aryl methyl sites for hydroxylation is 1. The molecule has 0 aliphatic rings. The van der Waals surface area contributed by atoms with E-state index in [1.807, 2.05) is 13.8 Å². The van der Waals surface area contributed by atoms with Crippen LogP contribution in [0, 0.1) is 6.92 Å². The Morgan fingerprint density at radius 1 is 1.60 bits per heavy atom. The molecule has 6 heteroatoms. The van der Waals surface area contributed by atoms with Crippen molar-refractivity contribution in [2.24, 2.45) is 5.73 Å². The zero-order valence-electron chi connectivity index (χ0n) is 8.69. The molecule has 15 heavy (non-hydrogen) atoms. The molecule has 0 fully saturated rings. The number of hydrogen-bond donors (Lipinski definition) is 2. The largest absolute Gasteiger partial charge is 0.334 e. The van der Waals surface area contributed by atoms with Crippen LogP contribution in [-0.2, 0) is 0 Å². The highest BCUT2D eigenvalue weighted by Gasteiger charge is 2.15. The number of nitrogens with one attached hydrogen (secondary N) is 1. The smallest absolute Gasteiger partial charge is 0.261 e. The summed E-state index contributed by atoms with van der Waals surface area (Å²) in [6.45, 7) is 4.36. The van der Waals surface area contributed by atoms with Crippen LogP contribution in [0.4, 0.5) is 0 Å². The van der Waals surface area contributed by atoms with Crippen LogP contribution >= 0.6 is 0 Å². The van der Waals surface area contributed by atoms with Crippen LogP contribution < -0.4 is 5.73 Å². The van der Waals surface area contributed by atoms with E-state index in [2.05, 4.69) is 20.3 Å². The molecule has 0 saturated carbocycles. The zero-order chi connectivity index (χ0) is 10.8. The first-order valence-electron chi connectivity index (χ1n) is 4.76. The van der Waals surface area contributed by atoms with Gasteiger partial charge in [0.1, 0.15) is 0 Å². The maximum Gasteiger partial charge on any atom is 0.261 e. The summed E-state index contributed by atoms with van der Waals surface area (Å²) >= 11 is 0. The molecule has 0 aliphatic carbocycles. The standard InChI is InChI=1S/C9H13N5O/c1-5(3-10)8-12-9(15-14-8)7-4-11-13-6(7)2/h4-5H,3,10H2,1-2H3,(H,11,13). The van der Waals surface area contributed by atoms with Gasteiger partial charge in [0.25, 0.3) is 5.89 Å². The number of nitrogens with two attached hydrogens (primary N) is 1. The minimum Gasteiger partial charge on any atom is -0.334 e. The summed E-state index contributed by atoms with van der Waals surface area (Å²) < 4.78 is 5.14. The number of aromatic amines is 1. The molecule has 0 radical (unpaired) electrons. The summed E-state index contributed by atoms with van der Waals surface area (Å²) in [7, 11) is 0. The molecule has 1 atom stereocenters. The minimum absolute atomic E-state index is 0.106. The molecule has 2 heterocycles. The van der Waals surface area contributed by atoms with Gasteiger partial charge in [-0.3, -0.25) is 5.10 Å². The minimum atomic E-state index is 0.106. The van der Waals surface area contributed by atoms with Crippen molar-refractivity contribution in [3.8, 4) is 11.5 Å². The Hall–Kier alpha value is -1.69. The molecule has 2 rings (SSSR count). The quantitative estimate of drug-likeness (QED) is 0.777. The monoisotopic (exact) mass is 207 g/mol. The zero-order valence-corrected chi connectivity index (χ0v) is 8.69. The summed E-state index contributed by atoms with van der Waals surface area (Å²) in [5, 5.41) is 10.6. The van der Waals surface area contributed by atoms with Crippen LogP contribution in [0.1, 0.15) is 24.4 Å². The van der Waals surface area contributed by atoms with Crippen molar-refractivity contribution in [1.82, 2.24) is 20.3 Å². The fraction of sp³-hybridized carbons (Fsp3) is 0.444. The van der Waals surface area contributed by atoms with E-state index in [9.17, 15) is 0 Å². The number of aromatic nitrogens is 4. The highest BCUT2D eigenvalue weighted by atomic mass is 16.5. The van der Waals surface area contributed by atoms with E-state index in [4.69, 9.17) is 10.3 Å². The Morgan fingerprint density at radius 3 is 3.00 bits per heavy atom. The van der Waals surface area contributed by atoms with Gasteiger partial charge in [-0.15, -0.1) is 0 Å². The molecule has 0 saturated heterocycles. The van der Waals surface area contributed by atoms with E-state index in [0.29, 0.717) is 18.3 Å². The lowest BCUT2D eigenvalue weighted by atomic mass is 10.2. The maximum absolute atomic E-state index is 5.52. The molecule has 0 aliphatic heterocycles. The number of rotatable bonds is 3. The van der Waals surface area contributed by atoms with Gasteiger partial charge in [0.15, 0.2) is 5.82 Å². The fourth-order valence-electron chi connectivity index (χ4n) is 1.22. The first-order chi connectivity index (χ1) is 7.22. The van der Waals surface area contributed by atoms with Crippen molar-refractivity contribution in [2.45, 2.75) is 19.8 Å². The van der Waals surface area contributed by atoms with Gasteiger partial charge in [0.05, 0.1) is 11.8 Å². The van der Waals surface area contributed by atoms with Gasteiger partial charge >= 0.3 is 0 Å². The van der Waals surface area contributed by atoms with Gasteiger partial charge in [-0.1, -0.05) is 12.1 Å². The van der Waals surface area contributed by atoms with Crippen LogP contribution in [0.25, 0.3) is 11.5 Å². The van der Waals surface area contributed by atoms with Crippen LogP contribution in [-0.4, -0.2) is 26.9 Å². The second kappa shape index (κ2) is 3.82. The van der Waals surface area contributed by atoms with Crippen LogP contribution in [0.2, 0.25) is 0 Å². The Kier molecular flexibility index (Phi) is 2.51. The summed E-state index contributed by atoms with van der Waals surface area (Å²) in [5.41, 5.74) is 7.26. The van der Waals surface area contributed by atoms with E-state index in [1.165, 1.54) is 0 Å². The molecule has 3 N–H and O–H groups in total. The molecule has 0 amide bonds. The van der Waals surface area contributed by atoms with Gasteiger partial charge < -0.3 is 10.3 Å². The summed E-state index contributed by atoms with van der Waals surface area (Å²) in [6, 6.07) is 0. The van der Waals surface area contributed by atoms with Crippen molar-refractivity contribution in [3.05, 3.63) is 17.7 Å². The molecule has 0 spiro atoms. The average Bonchev–Trinajstić information content (AvgIpc) is 2.84. The second-order valence-corrected chi connectivity index (χ2v) is 3.50.